The van der Waals surface area contributed by atoms with Gasteiger partial charge in [0.2, 0.25) is 0 Å². The number of carbonyl (C=O) groups excluding carboxylic acids is 1. The van der Waals surface area contributed by atoms with Crippen molar-refractivity contribution in [3.05, 3.63) is 53.4 Å². The lowest BCUT2D eigenvalue weighted by Gasteiger charge is -2.11. The normalized spacial score (nSPS) is 11.0. The highest BCUT2D eigenvalue weighted by Gasteiger charge is 2.13. The Labute approximate surface area is 158 Å². The summed E-state index contributed by atoms with van der Waals surface area (Å²) >= 11 is 0. The maximum atomic E-state index is 12.5. The van der Waals surface area contributed by atoms with Gasteiger partial charge in [-0.05, 0) is 42.8 Å². The minimum absolute atomic E-state index is 0.174. The number of benzene rings is 2. The van der Waals surface area contributed by atoms with Crippen LogP contribution in [0, 0.1) is 0 Å². The number of oxazole rings is 1. The molecular formula is C21H24N2O4. The van der Waals surface area contributed by atoms with Crippen molar-refractivity contribution in [3.8, 4) is 11.5 Å². The molecule has 0 atom stereocenters. The second kappa shape index (κ2) is 8.12. The van der Waals surface area contributed by atoms with Crippen LogP contribution in [-0.4, -0.2) is 24.6 Å². The van der Waals surface area contributed by atoms with Gasteiger partial charge in [-0.3, -0.25) is 4.79 Å². The average Bonchev–Trinajstić information content (AvgIpc) is 3.10. The van der Waals surface area contributed by atoms with Gasteiger partial charge in [0.25, 0.3) is 5.91 Å². The highest BCUT2D eigenvalue weighted by atomic mass is 16.5. The number of hydrogen-bond donors (Lipinski definition) is 1. The van der Waals surface area contributed by atoms with E-state index in [0.717, 1.165) is 11.1 Å². The van der Waals surface area contributed by atoms with Gasteiger partial charge in [-0.1, -0.05) is 19.9 Å². The highest BCUT2D eigenvalue weighted by molar-refractivity contribution is 5.97. The molecule has 0 radical (unpaired) electrons. The summed E-state index contributed by atoms with van der Waals surface area (Å²) in [7, 11) is 1.60. The van der Waals surface area contributed by atoms with Gasteiger partial charge in [0.15, 0.2) is 23.0 Å². The second-order valence-electron chi connectivity index (χ2n) is 6.49. The SMILES string of the molecule is CCOc1ccc(CNC(=O)c2ccc3nc(C(C)C)oc3c2)cc1OC. The van der Waals surface area contributed by atoms with Crippen LogP contribution in [0.3, 0.4) is 0 Å². The molecule has 6 heteroatoms. The lowest BCUT2D eigenvalue weighted by atomic mass is 10.1. The summed E-state index contributed by atoms with van der Waals surface area (Å²) in [4.78, 5) is 16.9. The summed E-state index contributed by atoms with van der Waals surface area (Å²) in [6.45, 7) is 6.90. The number of nitrogens with one attached hydrogen (secondary N) is 1. The van der Waals surface area contributed by atoms with Crippen LogP contribution in [0.2, 0.25) is 0 Å². The molecule has 1 N–H and O–H groups in total. The van der Waals surface area contributed by atoms with E-state index in [-0.39, 0.29) is 11.8 Å². The number of methoxy groups -OCH3 is 1. The Morgan fingerprint density at radius 1 is 1.19 bits per heavy atom. The highest BCUT2D eigenvalue weighted by Crippen LogP contribution is 2.28. The Hall–Kier alpha value is -3.02. The molecule has 1 amide bonds. The third-order valence-corrected chi connectivity index (χ3v) is 4.14. The zero-order valence-corrected chi connectivity index (χ0v) is 16.0. The van der Waals surface area contributed by atoms with Crippen LogP contribution in [0.5, 0.6) is 11.5 Å². The molecule has 1 heterocycles. The maximum Gasteiger partial charge on any atom is 0.251 e. The van der Waals surface area contributed by atoms with Crippen LogP contribution in [0.15, 0.2) is 40.8 Å². The molecule has 0 bridgehead atoms. The molecule has 142 valence electrons. The second-order valence-corrected chi connectivity index (χ2v) is 6.49. The summed E-state index contributed by atoms with van der Waals surface area (Å²) < 4.78 is 16.6. The summed E-state index contributed by atoms with van der Waals surface area (Å²) in [5.74, 6) is 2.03. The Kier molecular flexibility index (Phi) is 5.64. The van der Waals surface area contributed by atoms with E-state index in [1.165, 1.54) is 0 Å². The monoisotopic (exact) mass is 368 g/mol. The molecule has 0 unspecified atom stereocenters. The molecular weight excluding hydrogens is 344 g/mol. The van der Waals surface area contributed by atoms with Crippen molar-refractivity contribution in [3.63, 3.8) is 0 Å². The minimum Gasteiger partial charge on any atom is -0.493 e. The lowest BCUT2D eigenvalue weighted by molar-refractivity contribution is 0.0951. The quantitative estimate of drug-likeness (QED) is 0.673. The number of amides is 1. The van der Waals surface area contributed by atoms with Gasteiger partial charge >= 0.3 is 0 Å². The molecule has 0 fully saturated rings. The smallest absolute Gasteiger partial charge is 0.251 e. The zero-order chi connectivity index (χ0) is 19.4. The van der Waals surface area contributed by atoms with Gasteiger partial charge in [0.1, 0.15) is 5.52 Å². The predicted octanol–water partition coefficient (Wildman–Crippen LogP) is 4.29. The van der Waals surface area contributed by atoms with E-state index in [1.807, 2.05) is 39.0 Å². The molecule has 2 aromatic carbocycles. The molecule has 0 spiro atoms. The third kappa shape index (κ3) is 4.22. The van der Waals surface area contributed by atoms with Gasteiger partial charge in [-0.2, -0.15) is 0 Å². The van der Waals surface area contributed by atoms with Crippen molar-refractivity contribution >= 4 is 17.0 Å². The number of fused-ring (bicyclic) bond motifs is 1. The standard InChI is InChI=1S/C21H24N2O4/c1-5-26-17-9-6-14(10-19(17)25-4)12-22-20(24)15-7-8-16-18(11-15)27-21(23-16)13(2)3/h6-11,13H,5,12H2,1-4H3,(H,22,24). The van der Waals surface area contributed by atoms with Crippen molar-refractivity contribution in [1.82, 2.24) is 10.3 Å². The first-order valence-electron chi connectivity index (χ1n) is 9.00. The van der Waals surface area contributed by atoms with Crippen LogP contribution >= 0.6 is 0 Å². The zero-order valence-electron chi connectivity index (χ0n) is 16.0. The molecule has 0 saturated carbocycles. The molecule has 0 saturated heterocycles. The molecule has 3 aromatic rings. The van der Waals surface area contributed by atoms with Crippen LogP contribution < -0.4 is 14.8 Å². The molecule has 27 heavy (non-hydrogen) atoms. The predicted molar refractivity (Wildman–Crippen MR) is 103 cm³/mol. The van der Waals surface area contributed by atoms with E-state index >= 15 is 0 Å². The first-order chi connectivity index (χ1) is 13.0. The Morgan fingerprint density at radius 3 is 2.70 bits per heavy atom. The number of nitrogens with zero attached hydrogens (tertiary/aromatic N) is 1. The molecule has 1 aromatic heterocycles. The first kappa shape index (κ1) is 18.8. The van der Waals surface area contributed by atoms with Gasteiger partial charge in [-0.15, -0.1) is 0 Å². The number of ether oxygens (including phenoxy) is 2. The van der Waals surface area contributed by atoms with Crippen molar-refractivity contribution in [2.24, 2.45) is 0 Å². The van der Waals surface area contributed by atoms with Crippen LogP contribution in [0.4, 0.5) is 0 Å². The summed E-state index contributed by atoms with van der Waals surface area (Å²) in [6, 6.07) is 10.9. The number of rotatable bonds is 7. The van der Waals surface area contributed by atoms with E-state index in [0.29, 0.717) is 41.7 Å². The minimum atomic E-state index is -0.174. The average molecular weight is 368 g/mol. The van der Waals surface area contributed by atoms with Crippen LogP contribution in [0.25, 0.3) is 11.1 Å². The maximum absolute atomic E-state index is 12.5. The van der Waals surface area contributed by atoms with Gasteiger partial charge in [0.05, 0.1) is 13.7 Å². The molecule has 6 nitrogen and oxygen atoms in total. The van der Waals surface area contributed by atoms with E-state index in [2.05, 4.69) is 10.3 Å². The van der Waals surface area contributed by atoms with Crippen molar-refractivity contribution in [1.29, 1.82) is 0 Å². The van der Waals surface area contributed by atoms with Gasteiger partial charge < -0.3 is 19.2 Å². The lowest BCUT2D eigenvalue weighted by Crippen LogP contribution is -2.22. The first-order valence-corrected chi connectivity index (χ1v) is 9.00. The summed E-state index contributed by atoms with van der Waals surface area (Å²) in [6.07, 6.45) is 0. The van der Waals surface area contributed by atoms with Crippen LogP contribution in [-0.2, 0) is 6.54 Å². The van der Waals surface area contributed by atoms with E-state index in [4.69, 9.17) is 13.9 Å². The molecule has 0 aliphatic rings. The summed E-state index contributed by atoms with van der Waals surface area (Å²) in [5, 5.41) is 2.91. The summed E-state index contributed by atoms with van der Waals surface area (Å²) in [5.41, 5.74) is 2.83. The fourth-order valence-corrected chi connectivity index (χ4v) is 2.71. The van der Waals surface area contributed by atoms with Crippen molar-refractivity contribution in [2.75, 3.05) is 13.7 Å². The van der Waals surface area contributed by atoms with Crippen molar-refractivity contribution < 1.29 is 18.7 Å². The van der Waals surface area contributed by atoms with E-state index in [1.54, 1.807) is 25.3 Å². The van der Waals surface area contributed by atoms with Crippen molar-refractivity contribution in [2.45, 2.75) is 33.2 Å². The molecule has 3 rings (SSSR count). The fourth-order valence-electron chi connectivity index (χ4n) is 2.71. The topological polar surface area (TPSA) is 73.6 Å². The number of carbonyl (C=O) groups is 1. The molecule has 0 aliphatic heterocycles. The Morgan fingerprint density at radius 2 is 2.00 bits per heavy atom. The Bertz CT molecular complexity index is 947. The number of hydrogen-bond acceptors (Lipinski definition) is 5. The van der Waals surface area contributed by atoms with Gasteiger partial charge in [0, 0.05) is 18.0 Å². The molecule has 0 aliphatic carbocycles. The number of aromatic nitrogens is 1. The largest absolute Gasteiger partial charge is 0.493 e. The van der Waals surface area contributed by atoms with Gasteiger partial charge in [-0.25, -0.2) is 4.98 Å². The van der Waals surface area contributed by atoms with Crippen LogP contribution in [0.1, 0.15) is 48.5 Å². The van der Waals surface area contributed by atoms with E-state index < -0.39 is 0 Å². The Balaban J connectivity index is 1.71. The third-order valence-electron chi connectivity index (χ3n) is 4.14. The fraction of sp³-hybridized carbons (Fsp3) is 0.333. The van der Waals surface area contributed by atoms with E-state index in [9.17, 15) is 4.79 Å².